The monoisotopic (exact) mass is 488 g/mol. The SMILES string of the molecule is CN1C(=O)C23C[C@@](C#N)(CN4CCOCC4)C(c4ccc5c(c4)OCO5)N2C(=O)C1(C)S3=S. The first-order chi connectivity index (χ1) is 15.8. The summed E-state index contributed by atoms with van der Waals surface area (Å²) in [6.07, 6.45) is 0.226. The molecule has 1 aromatic carbocycles. The Morgan fingerprint density at radius 2 is 1.94 bits per heavy atom. The van der Waals surface area contributed by atoms with E-state index in [-0.39, 0.29) is 25.0 Å². The summed E-state index contributed by atoms with van der Waals surface area (Å²) in [5, 5.41) is 10.7. The molecule has 5 aliphatic rings. The van der Waals surface area contributed by atoms with Crippen molar-refractivity contribution in [1.29, 1.82) is 5.26 Å². The van der Waals surface area contributed by atoms with Crippen LogP contribution in [0.25, 0.3) is 0 Å². The zero-order valence-electron chi connectivity index (χ0n) is 18.4. The first-order valence-corrected chi connectivity index (χ1v) is 13.1. The highest BCUT2D eigenvalue weighted by Crippen LogP contribution is 2.65. The number of hydrogen-bond donors (Lipinski definition) is 0. The fraction of sp³-hybridized carbons (Fsp3) is 0.591. The van der Waals surface area contributed by atoms with E-state index in [9.17, 15) is 14.9 Å². The van der Waals surface area contributed by atoms with Gasteiger partial charge in [0.1, 0.15) is 0 Å². The Morgan fingerprint density at radius 3 is 2.67 bits per heavy atom. The lowest BCUT2D eigenvalue weighted by Crippen LogP contribution is -2.61. The molecule has 4 fully saturated rings. The molecule has 5 heterocycles. The van der Waals surface area contributed by atoms with Gasteiger partial charge in [0, 0.05) is 33.1 Å². The van der Waals surface area contributed by atoms with Crippen LogP contribution in [0.2, 0.25) is 0 Å². The second-order valence-electron chi connectivity index (χ2n) is 9.42. The van der Waals surface area contributed by atoms with Crippen LogP contribution in [0.1, 0.15) is 24.9 Å². The molecule has 4 saturated heterocycles. The van der Waals surface area contributed by atoms with Crippen LogP contribution in [0.3, 0.4) is 0 Å². The van der Waals surface area contributed by atoms with E-state index in [0.29, 0.717) is 44.3 Å². The molecular formula is C22H24N4O5S2. The smallest absolute Gasteiger partial charge is 0.261 e. The summed E-state index contributed by atoms with van der Waals surface area (Å²) in [4.78, 5) is 30.7. The van der Waals surface area contributed by atoms with Crippen LogP contribution in [0.15, 0.2) is 18.2 Å². The molecule has 33 heavy (non-hydrogen) atoms. The minimum atomic E-state index is -1.18. The van der Waals surface area contributed by atoms with Gasteiger partial charge in [-0.2, -0.15) is 5.26 Å². The summed E-state index contributed by atoms with van der Waals surface area (Å²) in [6, 6.07) is 7.48. The molecular weight excluding hydrogens is 464 g/mol. The third-order valence-electron chi connectivity index (χ3n) is 7.83. The normalized spacial score (nSPS) is 39.3. The van der Waals surface area contributed by atoms with Crippen molar-refractivity contribution in [3.8, 4) is 17.6 Å². The number of nitrogens with zero attached hydrogens (tertiary/aromatic N) is 4. The molecule has 1 spiro atoms. The minimum absolute atomic E-state index is 0.129. The highest BCUT2D eigenvalue weighted by atomic mass is 32.8. The Hall–Kier alpha value is -2.26. The first-order valence-electron chi connectivity index (χ1n) is 10.9. The number of piperazine rings is 1. The summed E-state index contributed by atoms with van der Waals surface area (Å²) < 4.78 is 16.6. The number of carbonyl (C=O) groups is 2. The molecule has 4 unspecified atom stereocenters. The lowest BCUT2D eigenvalue weighted by atomic mass is 9.76. The van der Waals surface area contributed by atoms with Gasteiger partial charge in [-0.3, -0.25) is 14.5 Å². The van der Waals surface area contributed by atoms with Crippen LogP contribution in [0.5, 0.6) is 11.5 Å². The van der Waals surface area contributed by atoms with Gasteiger partial charge < -0.3 is 24.0 Å². The average Bonchev–Trinajstić information content (AvgIpc) is 3.49. The summed E-state index contributed by atoms with van der Waals surface area (Å²) in [6.45, 7) is 4.90. The molecule has 0 radical (unpaired) electrons. The summed E-state index contributed by atoms with van der Waals surface area (Å²) in [7, 11) is 0.659. The Labute approximate surface area is 198 Å². The number of morpholine rings is 1. The van der Waals surface area contributed by atoms with E-state index in [1.165, 1.54) is 4.90 Å². The van der Waals surface area contributed by atoms with Crippen molar-refractivity contribution in [2.24, 2.45) is 5.41 Å². The Kier molecular flexibility index (Phi) is 4.44. The number of likely N-dealkylation sites (N-methyl/N-ethyl adjacent to an activating group) is 1. The van der Waals surface area contributed by atoms with Crippen LogP contribution in [0, 0.1) is 16.7 Å². The summed E-state index contributed by atoms with van der Waals surface area (Å²) in [5.74, 6) is 0.871. The molecule has 0 aromatic heterocycles. The first kappa shape index (κ1) is 21.3. The van der Waals surface area contributed by atoms with Gasteiger partial charge in [0.15, 0.2) is 21.2 Å². The molecule has 5 aliphatic heterocycles. The van der Waals surface area contributed by atoms with Gasteiger partial charge in [-0.1, -0.05) is 15.5 Å². The average molecular weight is 489 g/mol. The molecule has 6 rings (SSSR count). The maximum absolute atomic E-state index is 13.9. The van der Waals surface area contributed by atoms with Crippen LogP contribution in [-0.4, -0.2) is 82.9 Å². The highest BCUT2D eigenvalue weighted by Gasteiger charge is 2.81. The molecule has 0 aliphatic carbocycles. The van der Waals surface area contributed by atoms with Crippen molar-refractivity contribution in [2.45, 2.75) is 29.1 Å². The number of nitriles is 1. The Balaban J connectivity index is 1.53. The fourth-order valence-electron chi connectivity index (χ4n) is 6.10. The van der Waals surface area contributed by atoms with E-state index < -0.39 is 30.7 Å². The summed E-state index contributed by atoms with van der Waals surface area (Å²) in [5.41, 5.74) is -0.245. The number of rotatable bonds is 3. The summed E-state index contributed by atoms with van der Waals surface area (Å²) >= 11 is 5.94. The van der Waals surface area contributed by atoms with Gasteiger partial charge in [0.2, 0.25) is 6.79 Å². The number of benzene rings is 1. The van der Waals surface area contributed by atoms with Crippen molar-refractivity contribution in [1.82, 2.24) is 14.7 Å². The molecule has 9 nitrogen and oxygen atoms in total. The lowest BCUT2D eigenvalue weighted by molar-refractivity contribution is -0.159. The highest BCUT2D eigenvalue weighted by molar-refractivity contribution is 8.31. The molecule has 2 bridgehead atoms. The number of hydrogen-bond acceptors (Lipinski definition) is 8. The van der Waals surface area contributed by atoms with Crippen molar-refractivity contribution >= 4 is 32.5 Å². The van der Waals surface area contributed by atoms with E-state index in [2.05, 4.69) is 11.0 Å². The third-order valence-corrected chi connectivity index (χ3v) is 11.9. The number of ether oxygens (including phenoxy) is 3. The molecule has 0 saturated carbocycles. The predicted molar refractivity (Wildman–Crippen MR) is 121 cm³/mol. The second-order valence-corrected chi connectivity index (χ2v) is 12.4. The molecule has 5 atom stereocenters. The molecule has 174 valence electrons. The van der Waals surface area contributed by atoms with E-state index in [0.717, 1.165) is 5.56 Å². The second kappa shape index (κ2) is 6.88. The third kappa shape index (κ3) is 2.45. The van der Waals surface area contributed by atoms with E-state index >= 15 is 0 Å². The van der Waals surface area contributed by atoms with E-state index in [4.69, 9.17) is 25.4 Å². The van der Waals surface area contributed by atoms with Crippen LogP contribution < -0.4 is 9.47 Å². The van der Waals surface area contributed by atoms with Crippen LogP contribution in [-0.2, 0) is 35.0 Å². The van der Waals surface area contributed by atoms with Gasteiger partial charge in [-0.25, -0.2) is 0 Å². The van der Waals surface area contributed by atoms with Crippen LogP contribution in [0.4, 0.5) is 0 Å². The lowest BCUT2D eigenvalue weighted by Gasteiger charge is -2.41. The Bertz CT molecular complexity index is 1150. The van der Waals surface area contributed by atoms with Gasteiger partial charge >= 0.3 is 0 Å². The number of amides is 2. The molecule has 0 N–H and O–H groups in total. The molecule has 11 heteroatoms. The van der Waals surface area contributed by atoms with Crippen molar-refractivity contribution in [3.05, 3.63) is 23.8 Å². The zero-order valence-corrected chi connectivity index (χ0v) is 20.0. The minimum Gasteiger partial charge on any atom is -0.454 e. The van der Waals surface area contributed by atoms with Gasteiger partial charge in [0.05, 0.1) is 30.7 Å². The number of fused-ring (bicyclic) bond motifs is 2. The topological polar surface area (TPSA) is 95.3 Å². The standard InChI is InChI=1S/C22H24N4O5S2/c1-20-18(27)26-17(14-3-4-15-16(9-14)31-13-30-15)21(11-23,12-25-5-7-29-8-6-25)10-22(26,33(20)32)19(28)24(20)2/h3-4,9,17H,5-8,10,12-13H2,1-2H3/t17?,20?,21-,22?,33?/m1/s1. The van der Waals surface area contributed by atoms with E-state index in [1.54, 1.807) is 18.9 Å². The largest absolute Gasteiger partial charge is 0.454 e. The molecule has 1 aromatic rings. The fourth-order valence-corrected chi connectivity index (χ4v) is 9.58. The quantitative estimate of drug-likeness (QED) is 0.608. The zero-order chi connectivity index (χ0) is 23.2. The van der Waals surface area contributed by atoms with Gasteiger partial charge in [-0.15, -0.1) is 0 Å². The molecule has 2 amide bonds. The number of carbonyl (C=O) groups excluding carboxylic acids is 2. The van der Waals surface area contributed by atoms with Crippen LogP contribution >= 0.6 is 0 Å². The van der Waals surface area contributed by atoms with Gasteiger partial charge in [0.25, 0.3) is 11.8 Å². The van der Waals surface area contributed by atoms with E-state index in [1.807, 2.05) is 18.2 Å². The maximum Gasteiger partial charge on any atom is 0.261 e. The predicted octanol–water partition coefficient (Wildman–Crippen LogP) is 0.509. The van der Waals surface area contributed by atoms with Gasteiger partial charge in [-0.05, 0) is 35.8 Å². The Morgan fingerprint density at radius 1 is 1.21 bits per heavy atom. The van der Waals surface area contributed by atoms with Crippen molar-refractivity contribution < 1.29 is 23.8 Å². The van der Waals surface area contributed by atoms with Crippen molar-refractivity contribution in [2.75, 3.05) is 46.7 Å². The maximum atomic E-state index is 13.9. The van der Waals surface area contributed by atoms with Crippen molar-refractivity contribution in [3.63, 3.8) is 0 Å².